The molecule has 8 heteroatoms. The maximum absolute atomic E-state index is 12.9. The maximum Gasteiger partial charge on any atom is 0.266 e. The molecule has 0 aliphatic heterocycles. The number of rotatable bonds is 7. The summed E-state index contributed by atoms with van der Waals surface area (Å²) in [6, 6.07) is 17.1. The smallest absolute Gasteiger partial charge is 0.266 e. The van der Waals surface area contributed by atoms with Gasteiger partial charge in [-0.3, -0.25) is 4.79 Å². The second kappa shape index (κ2) is 11.1. The fraction of sp³-hybridized carbons (Fsp3) is 0.222. The van der Waals surface area contributed by atoms with Gasteiger partial charge in [-0.2, -0.15) is 10.5 Å². The van der Waals surface area contributed by atoms with Crippen LogP contribution in [0.4, 0.5) is 5.00 Å². The van der Waals surface area contributed by atoms with Crippen molar-refractivity contribution in [3.8, 4) is 23.6 Å². The molecule has 1 aromatic heterocycles. The van der Waals surface area contributed by atoms with E-state index >= 15 is 0 Å². The van der Waals surface area contributed by atoms with Crippen LogP contribution >= 0.6 is 22.9 Å². The highest BCUT2D eigenvalue weighted by atomic mass is 35.5. The first-order valence-electron chi connectivity index (χ1n) is 11.1. The lowest BCUT2D eigenvalue weighted by atomic mass is 9.96. The molecule has 1 amide bonds. The van der Waals surface area contributed by atoms with Crippen LogP contribution in [0.5, 0.6) is 11.5 Å². The van der Waals surface area contributed by atoms with Crippen LogP contribution in [0.2, 0.25) is 5.02 Å². The molecule has 0 radical (unpaired) electrons. The monoisotopic (exact) mass is 503 g/mol. The summed E-state index contributed by atoms with van der Waals surface area (Å²) in [4.78, 5) is 14.0. The van der Waals surface area contributed by atoms with Gasteiger partial charge >= 0.3 is 0 Å². The number of anilines is 1. The molecule has 0 saturated heterocycles. The summed E-state index contributed by atoms with van der Waals surface area (Å²) in [7, 11) is 1.49. The van der Waals surface area contributed by atoms with Crippen LogP contribution in [0.3, 0.4) is 0 Å². The lowest BCUT2D eigenvalue weighted by Crippen LogP contribution is -2.13. The third-order valence-electron chi connectivity index (χ3n) is 5.66. The Kier molecular flexibility index (Phi) is 7.72. The number of hydrogen-bond acceptors (Lipinski definition) is 6. The number of carbonyl (C=O) groups excluding carboxylic acids is 1. The van der Waals surface area contributed by atoms with Crippen molar-refractivity contribution >= 4 is 39.9 Å². The maximum atomic E-state index is 12.9. The van der Waals surface area contributed by atoms with Crippen LogP contribution < -0.4 is 14.8 Å². The Labute approximate surface area is 213 Å². The van der Waals surface area contributed by atoms with E-state index in [4.69, 9.17) is 21.1 Å². The zero-order valence-corrected chi connectivity index (χ0v) is 20.6. The second-order valence-corrected chi connectivity index (χ2v) is 9.47. The average Bonchev–Trinajstić information content (AvgIpc) is 3.23. The number of nitrogens with zero attached hydrogens (tertiary/aromatic N) is 2. The van der Waals surface area contributed by atoms with Gasteiger partial charge < -0.3 is 14.8 Å². The van der Waals surface area contributed by atoms with Crippen LogP contribution in [0.1, 0.15) is 40.0 Å². The molecular weight excluding hydrogens is 482 g/mol. The summed E-state index contributed by atoms with van der Waals surface area (Å²) in [5, 5.41) is 22.8. The van der Waals surface area contributed by atoms with Crippen molar-refractivity contribution < 1.29 is 14.3 Å². The van der Waals surface area contributed by atoms with E-state index in [1.54, 1.807) is 12.1 Å². The van der Waals surface area contributed by atoms with Gasteiger partial charge in [0.1, 0.15) is 29.3 Å². The molecule has 4 rings (SSSR count). The summed E-state index contributed by atoms with van der Waals surface area (Å²) in [6.07, 6.45) is 5.28. The van der Waals surface area contributed by atoms with Crippen molar-refractivity contribution in [2.45, 2.75) is 32.3 Å². The lowest BCUT2D eigenvalue weighted by Gasteiger charge is -2.13. The van der Waals surface area contributed by atoms with Gasteiger partial charge in [-0.1, -0.05) is 41.9 Å². The predicted octanol–water partition coefficient (Wildman–Crippen LogP) is 6.29. The summed E-state index contributed by atoms with van der Waals surface area (Å²) >= 11 is 7.88. The molecule has 35 heavy (non-hydrogen) atoms. The number of nitrogens with one attached hydrogen (secondary N) is 1. The Morgan fingerprint density at radius 2 is 1.97 bits per heavy atom. The van der Waals surface area contributed by atoms with E-state index < -0.39 is 5.91 Å². The van der Waals surface area contributed by atoms with Crippen LogP contribution in [0, 0.1) is 22.7 Å². The lowest BCUT2D eigenvalue weighted by molar-refractivity contribution is -0.112. The van der Waals surface area contributed by atoms with E-state index in [1.807, 2.05) is 36.4 Å². The standard InChI is InChI=1S/C27H22ClN3O3S/c1-33-23-13-18(12-22(28)25(23)34-16-17-7-3-2-4-8-17)11-19(14-29)26(32)31-27-21(15-30)20-9-5-6-10-24(20)35-27/h2-4,7-8,11-13H,5-6,9-10,16H2,1H3,(H,31,32)/b19-11+. The number of fused-ring (bicyclic) bond motifs is 1. The van der Waals surface area contributed by atoms with Crippen molar-refractivity contribution in [2.75, 3.05) is 12.4 Å². The minimum atomic E-state index is -0.581. The van der Waals surface area contributed by atoms with Gasteiger partial charge in [0.25, 0.3) is 5.91 Å². The molecule has 0 atom stereocenters. The molecule has 0 unspecified atom stereocenters. The van der Waals surface area contributed by atoms with E-state index in [2.05, 4.69) is 11.4 Å². The van der Waals surface area contributed by atoms with Gasteiger partial charge in [0.2, 0.25) is 0 Å². The molecule has 0 spiro atoms. The number of amides is 1. The number of methoxy groups -OCH3 is 1. The molecule has 1 N–H and O–H groups in total. The quantitative estimate of drug-likeness (QED) is 0.302. The summed E-state index contributed by atoms with van der Waals surface area (Å²) in [5.74, 6) is 0.179. The van der Waals surface area contributed by atoms with Gasteiger partial charge in [0, 0.05) is 4.88 Å². The number of ether oxygens (including phenoxy) is 2. The molecule has 1 heterocycles. The number of thiophene rings is 1. The number of benzene rings is 2. The van der Waals surface area contributed by atoms with Crippen molar-refractivity contribution in [1.82, 2.24) is 0 Å². The van der Waals surface area contributed by atoms with Crippen LogP contribution in [0.15, 0.2) is 48.0 Å². The van der Waals surface area contributed by atoms with Crippen LogP contribution in [-0.2, 0) is 24.2 Å². The highest BCUT2D eigenvalue weighted by molar-refractivity contribution is 7.16. The molecule has 0 saturated carbocycles. The van der Waals surface area contributed by atoms with Gasteiger partial charge in [0.15, 0.2) is 11.5 Å². The van der Waals surface area contributed by atoms with E-state index in [0.29, 0.717) is 39.3 Å². The van der Waals surface area contributed by atoms with Gasteiger partial charge in [-0.25, -0.2) is 0 Å². The first-order valence-corrected chi connectivity index (χ1v) is 12.3. The molecular formula is C27H22ClN3O3S. The molecule has 0 bridgehead atoms. The summed E-state index contributed by atoms with van der Waals surface area (Å²) < 4.78 is 11.3. The van der Waals surface area contributed by atoms with Crippen molar-refractivity contribution in [1.29, 1.82) is 10.5 Å². The van der Waals surface area contributed by atoms with Crippen molar-refractivity contribution in [3.63, 3.8) is 0 Å². The summed E-state index contributed by atoms with van der Waals surface area (Å²) in [5.41, 5.74) is 2.89. The Morgan fingerprint density at radius 1 is 1.20 bits per heavy atom. The highest BCUT2D eigenvalue weighted by Crippen LogP contribution is 2.39. The Morgan fingerprint density at radius 3 is 2.69 bits per heavy atom. The third-order valence-corrected chi connectivity index (χ3v) is 7.15. The Hall–Kier alpha value is -3.78. The van der Waals surface area contributed by atoms with Gasteiger partial charge in [0.05, 0.1) is 17.7 Å². The van der Waals surface area contributed by atoms with Crippen molar-refractivity contribution in [2.24, 2.45) is 0 Å². The first kappa shape index (κ1) is 24.3. The topological polar surface area (TPSA) is 95.1 Å². The zero-order valence-electron chi connectivity index (χ0n) is 19.1. The largest absolute Gasteiger partial charge is 0.493 e. The second-order valence-electron chi connectivity index (χ2n) is 7.96. The highest BCUT2D eigenvalue weighted by Gasteiger charge is 2.23. The van der Waals surface area contributed by atoms with Crippen LogP contribution in [-0.4, -0.2) is 13.0 Å². The minimum Gasteiger partial charge on any atom is -0.493 e. The number of hydrogen-bond donors (Lipinski definition) is 1. The number of aryl methyl sites for hydroxylation is 1. The molecule has 0 fully saturated rings. The molecule has 1 aliphatic carbocycles. The zero-order chi connectivity index (χ0) is 24.8. The van der Waals surface area contributed by atoms with Crippen molar-refractivity contribution in [3.05, 3.63) is 80.2 Å². The molecule has 176 valence electrons. The fourth-order valence-corrected chi connectivity index (χ4v) is 5.46. The number of halogens is 1. The minimum absolute atomic E-state index is 0.115. The third kappa shape index (κ3) is 5.49. The van der Waals surface area contributed by atoms with E-state index in [9.17, 15) is 15.3 Å². The molecule has 2 aromatic carbocycles. The predicted molar refractivity (Wildman–Crippen MR) is 137 cm³/mol. The van der Waals surface area contributed by atoms with E-state index in [1.165, 1.54) is 24.5 Å². The normalized spacial score (nSPS) is 12.7. The van der Waals surface area contributed by atoms with Crippen LogP contribution in [0.25, 0.3) is 6.08 Å². The Balaban J connectivity index is 1.56. The Bertz CT molecular complexity index is 1370. The molecule has 3 aromatic rings. The summed E-state index contributed by atoms with van der Waals surface area (Å²) in [6.45, 7) is 0.309. The van der Waals surface area contributed by atoms with E-state index in [0.717, 1.165) is 41.7 Å². The first-order chi connectivity index (χ1) is 17.0. The van der Waals surface area contributed by atoms with Gasteiger partial charge in [-0.15, -0.1) is 11.3 Å². The molecule has 6 nitrogen and oxygen atoms in total. The van der Waals surface area contributed by atoms with Gasteiger partial charge in [-0.05, 0) is 60.6 Å². The fourth-order valence-electron chi connectivity index (χ4n) is 3.95. The molecule has 1 aliphatic rings. The number of nitriles is 2. The van der Waals surface area contributed by atoms with E-state index in [-0.39, 0.29) is 5.57 Å². The SMILES string of the molecule is COc1cc(/C=C(\C#N)C(=O)Nc2sc3c(c2C#N)CCCC3)cc(Cl)c1OCc1ccccc1. The number of carbonyl (C=O) groups is 1. The average molecular weight is 504 g/mol.